The number of aromatic nitrogens is 3. The van der Waals surface area contributed by atoms with E-state index in [1.165, 1.54) is 23.2 Å². The first kappa shape index (κ1) is 21.8. The van der Waals surface area contributed by atoms with Crippen molar-refractivity contribution in [3.63, 3.8) is 0 Å². The molecule has 0 atom stereocenters. The minimum Gasteiger partial charge on any atom is -0.484 e. The SMILES string of the molecule is CN(C(=O)c1cn2c(-c3ccc(OCC(F)(F)F)cc3)cnc2cn1)c1ccc(C#N)cc1. The highest BCUT2D eigenvalue weighted by atomic mass is 19.4. The van der Waals surface area contributed by atoms with Crippen molar-refractivity contribution in [2.24, 2.45) is 0 Å². The molecule has 7 nitrogen and oxygen atoms in total. The second-order valence-corrected chi connectivity index (χ2v) is 7.10. The zero-order valence-electron chi connectivity index (χ0n) is 17.2. The number of halogens is 3. The van der Waals surface area contributed by atoms with E-state index in [9.17, 15) is 18.0 Å². The van der Waals surface area contributed by atoms with Gasteiger partial charge in [-0.3, -0.25) is 9.20 Å². The lowest BCUT2D eigenvalue weighted by Gasteiger charge is -2.17. The van der Waals surface area contributed by atoms with Gasteiger partial charge in [0.25, 0.3) is 5.91 Å². The van der Waals surface area contributed by atoms with E-state index in [0.717, 1.165) is 0 Å². The van der Waals surface area contributed by atoms with Gasteiger partial charge in [0, 0.05) is 24.5 Å². The minimum atomic E-state index is -4.42. The smallest absolute Gasteiger partial charge is 0.422 e. The summed E-state index contributed by atoms with van der Waals surface area (Å²) >= 11 is 0. The first-order chi connectivity index (χ1) is 15.7. The molecule has 0 unspecified atom stereocenters. The number of hydrogen-bond acceptors (Lipinski definition) is 5. The molecule has 1 amide bonds. The van der Waals surface area contributed by atoms with E-state index in [4.69, 9.17) is 10.00 Å². The molecule has 10 heteroatoms. The van der Waals surface area contributed by atoms with Crippen molar-refractivity contribution in [3.05, 3.63) is 78.4 Å². The number of fused-ring (bicyclic) bond motifs is 1. The van der Waals surface area contributed by atoms with Gasteiger partial charge in [-0.25, -0.2) is 9.97 Å². The molecule has 0 bridgehead atoms. The standard InChI is InChI=1S/C23H16F3N5O2/c1-30(17-6-2-15(10-27)3-7-17)22(32)19-13-31-20(11-29-21(31)12-28-19)16-4-8-18(9-5-16)33-14-23(24,25)26/h2-9,11-13H,14H2,1H3. The highest BCUT2D eigenvalue weighted by Crippen LogP contribution is 2.25. The molecule has 2 aromatic carbocycles. The van der Waals surface area contributed by atoms with Gasteiger partial charge in [0.2, 0.25) is 0 Å². The molecule has 166 valence electrons. The van der Waals surface area contributed by atoms with E-state index in [1.807, 2.05) is 6.07 Å². The van der Waals surface area contributed by atoms with Gasteiger partial charge in [-0.05, 0) is 48.5 Å². The van der Waals surface area contributed by atoms with Crippen molar-refractivity contribution in [2.75, 3.05) is 18.6 Å². The van der Waals surface area contributed by atoms with Crippen LogP contribution in [0.25, 0.3) is 16.9 Å². The number of rotatable bonds is 5. The lowest BCUT2D eigenvalue weighted by atomic mass is 10.1. The maximum absolute atomic E-state index is 13.0. The average molecular weight is 451 g/mol. The molecule has 0 fully saturated rings. The number of hydrogen-bond donors (Lipinski definition) is 0. The summed E-state index contributed by atoms with van der Waals surface area (Å²) in [5, 5.41) is 8.93. The average Bonchev–Trinajstić information content (AvgIpc) is 3.25. The number of alkyl halides is 3. The van der Waals surface area contributed by atoms with Crippen LogP contribution in [0.2, 0.25) is 0 Å². The molecule has 0 spiro atoms. The number of carbonyl (C=O) groups excluding carboxylic acids is 1. The molecule has 0 aliphatic rings. The van der Waals surface area contributed by atoms with Crippen molar-refractivity contribution >= 4 is 17.2 Å². The van der Waals surface area contributed by atoms with E-state index in [2.05, 4.69) is 9.97 Å². The van der Waals surface area contributed by atoms with Crippen LogP contribution in [0.1, 0.15) is 16.1 Å². The summed E-state index contributed by atoms with van der Waals surface area (Å²) < 4.78 is 43.4. The second-order valence-electron chi connectivity index (χ2n) is 7.10. The van der Waals surface area contributed by atoms with Crippen molar-refractivity contribution in [2.45, 2.75) is 6.18 Å². The third-order valence-electron chi connectivity index (χ3n) is 4.86. The monoisotopic (exact) mass is 451 g/mol. The zero-order valence-corrected chi connectivity index (χ0v) is 17.2. The predicted molar refractivity (Wildman–Crippen MR) is 114 cm³/mol. The number of nitrogens with zero attached hydrogens (tertiary/aromatic N) is 5. The lowest BCUT2D eigenvalue weighted by molar-refractivity contribution is -0.153. The van der Waals surface area contributed by atoms with Crippen LogP contribution in [-0.4, -0.2) is 40.1 Å². The molecule has 0 aliphatic heterocycles. The second kappa shape index (κ2) is 8.63. The molecule has 0 N–H and O–H groups in total. The quantitative estimate of drug-likeness (QED) is 0.447. The Morgan fingerprint density at radius 1 is 1.09 bits per heavy atom. The van der Waals surface area contributed by atoms with Crippen LogP contribution in [-0.2, 0) is 0 Å². The molecule has 0 radical (unpaired) electrons. The van der Waals surface area contributed by atoms with E-state index in [1.54, 1.807) is 60.2 Å². The van der Waals surface area contributed by atoms with Crippen LogP contribution in [0.3, 0.4) is 0 Å². The zero-order chi connectivity index (χ0) is 23.6. The first-order valence-corrected chi connectivity index (χ1v) is 9.66. The number of nitriles is 1. The topological polar surface area (TPSA) is 83.5 Å². The number of anilines is 1. The van der Waals surface area contributed by atoms with Gasteiger partial charge in [0.15, 0.2) is 12.3 Å². The van der Waals surface area contributed by atoms with Gasteiger partial charge in [0.1, 0.15) is 11.4 Å². The van der Waals surface area contributed by atoms with E-state index in [-0.39, 0.29) is 17.4 Å². The van der Waals surface area contributed by atoms with Crippen molar-refractivity contribution in [3.8, 4) is 23.1 Å². The summed E-state index contributed by atoms with van der Waals surface area (Å²) in [7, 11) is 1.60. The van der Waals surface area contributed by atoms with Crippen molar-refractivity contribution in [1.82, 2.24) is 14.4 Å². The van der Waals surface area contributed by atoms with Gasteiger partial charge in [-0.15, -0.1) is 0 Å². The first-order valence-electron chi connectivity index (χ1n) is 9.66. The molecular weight excluding hydrogens is 435 g/mol. The molecule has 4 aromatic rings. The fourth-order valence-corrected chi connectivity index (χ4v) is 3.15. The maximum atomic E-state index is 13.0. The Labute approximate surface area is 186 Å². The van der Waals surface area contributed by atoms with Crippen LogP contribution in [0.5, 0.6) is 5.75 Å². The summed E-state index contributed by atoms with van der Waals surface area (Å²) in [6.07, 6.45) is 0.181. The van der Waals surface area contributed by atoms with Crippen LogP contribution >= 0.6 is 0 Å². The Kier molecular flexibility index (Phi) is 5.70. The summed E-state index contributed by atoms with van der Waals surface area (Å²) in [5.41, 5.74) is 3.05. The molecule has 33 heavy (non-hydrogen) atoms. The van der Waals surface area contributed by atoms with Crippen LogP contribution in [0.15, 0.2) is 67.1 Å². The Morgan fingerprint density at radius 2 is 1.79 bits per heavy atom. The molecule has 0 saturated carbocycles. The van der Waals surface area contributed by atoms with Gasteiger partial charge in [0.05, 0.1) is 29.7 Å². The normalized spacial score (nSPS) is 11.2. The molecule has 2 aromatic heterocycles. The van der Waals surface area contributed by atoms with Gasteiger partial charge in [-0.2, -0.15) is 18.4 Å². The lowest BCUT2D eigenvalue weighted by Crippen LogP contribution is -2.27. The predicted octanol–water partition coefficient (Wildman–Crippen LogP) is 4.49. The van der Waals surface area contributed by atoms with Crippen LogP contribution in [0, 0.1) is 11.3 Å². The van der Waals surface area contributed by atoms with E-state index in [0.29, 0.717) is 28.2 Å². The highest BCUT2D eigenvalue weighted by molar-refractivity contribution is 6.04. The van der Waals surface area contributed by atoms with Gasteiger partial charge in [-0.1, -0.05) is 0 Å². The molecule has 0 saturated heterocycles. The Morgan fingerprint density at radius 3 is 2.42 bits per heavy atom. The number of imidazole rings is 1. The van der Waals surface area contributed by atoms with E-state index < -0.39 is 12.8 Å². The van der Waals surface area contributed by atoms with Crippen LogP contribution < -0.4 is 9.64 Å². The fraction of sp³-hybridized carbons (Fsp3) is 0.130. The van der Waals surface area contributed by atoms with Crippen LogP contribution in [0.4, 0.5) is 18.9 Å². The Bertz CT molecular complexity index is 1340. The third kappa shape index (κ3) is 4.77. The summed E-state index contributed by atoms with van der Waals surface area (Å²) in [5.74, 6) is -0.274. The Hall–Kier alpha value is -4.39. The summed E-state index contributed by atoms with van der Waals surface area (Å²) in [6, 6.07) is 14.7. The summed E-state index contributed by atoms with van der Waals surface area (Å²) in [4.78, 5) is 22.9. The van der Waals surface area contributed by atoms with Gasteiger partial charge < -0.3 is 9.64 Å². The Balaban J connectivity index is 1.59. The number of carbonyl (C=O) groups is 1. The highest BCUT2D eigenvalue weighted by Gasteiger charge is 2.28. The molecule has 2 heterocycles. The third-order valence-corrected chi connectivity index (χ3v) is 4.86. The van der Waals surface area contributed by atoms with Gasteiger partial charge >= 0.3 is 6.18 Å². The molecule has 0 aliphatic carbocycles. The number of benzene rings is 2. The van der Waals surface area contributed by atoms with E-state index >= 15 is 0 Å². The maximum Gasteiger partial charge on any atom is 0.422 e. The van der Waals surface area contributed by atoms with Crippen molar-refractivity contribution < 1.29 is 22.7 Å². The fourth-order valence-electron chi connectivity index (χ4n) is 3.15. The number of amides is 1. The van der Waals surface area contributed by atoms with Crippen molar-refractivity contribution in [1.29, 1.82) is 5.26 Å². The summed E-state index contributed by atoms with van der Waals surface area (Å²) in [6.45, 7) is -1.37. The minimum absolute atomic E-state index is 0.0893. The molecule has 4 rings (SSSR count). The molecular formula is C23H16F3N5O2. The number of ether oxygens (including phenoxy) is 1. The largest absolute Gasteiger partial charge is 0.484 e.